The molecule has 2 aromatic carbocycles. The first kappa shape index (κ1) is 20.2. The molecule has 0 saturated heterocycles. The summed E-state index contributed by atoms with van der Waals surface area (Å²) in [6.45, 7) is 5.27. The van der Waals surface area contributed by atoms with Gasteiger partial charge in [0.25, 0.3) is 0 Å². The number of nitrogens with one attached hydrogen (secondary N) is 1. The lowest BCUT2D eigenvalue weighted by atomic mass is 9.85. The van der Waals surface area contributed by atoms with Crippen molar-refractivity contribution in [3.8, 4) is 5.75 Å². The molecular formula is C22H24FNO4. The number of Topliss-reactive ketones (excluding diaryl/α,β-unsaturated/α-hetero) is 2. The second-order valence-corrected chi connectivity index (χ2v) is 7.47. The molecule has 0 spiro atoms. The Labute approximate surface area is 163 Å². The molecule has 0 radical (unpaired) electrons. The summed E-state index contributed by atoms with van der Waals surface area (Å²) >= 11 is 0. The Morgan fingerprint density at radius 1 is 1.11 bits per heavy atom. The van der Waals surface area contributed by atoms with Crippen molar-refractivity contribution in [1.29, 1.82) is 0 Å². The van der Waals surface area contributed by atoms with E-state index in [0.29, 0.717) is 28.9 Å². The Balaban J connectivity index is 1.87. The summed E-state index contributed by atoms with van der Waals surface area (Å²) in [6, 6.07) is 9.87. The van der Waals surface area contributed by atoms with Gasteiger partial charge in [-0.3, -0.25) is 9.59 Å². The lowest BCUT2D eigenvalue weighted by Gasteiger charge is -2.42. The highest BCUT2D eigenvalue weighted by Gasteiger charge is 2.43. The monoisotopic (exact) mass is 385 g/mol. The molecule has 2 aromatic rings. The molecule has 3 rings (SSSR count). The van der Waals surface area contributed by atoms with E-state index >= 15 is 0 Å². The van der Waals surface area contributed by atoms with Crippen LogP contribution in [0.25, 0.3) is 0 Å². The lowest BCUT2D eigenvalue weighted by Crippen LogP contribution is -2.53. The largest absolute Gasteiger partial charge is 0.485 e. The Kier molecular flexibility index (Phi) is 5.63. The van der Waals surface area contributed by atoms with E-state index in [2.05, 4.69) is 5.32 Å². The number of halogens is 1. The number of hydrogen-bond donors (Lipinski definition) is 2. The van der Waals surface area contributed by atoms with Crippen LogP contribution in [0.2, 0.25) is 0 Å². The van der Waals surface area contributed by atoms with Crippen molar-refractivity contribution >= 4 is 11.6 Å². The van der Waals surface area contributed by atoms with Crippen LogP contribution in [0.4, 0.5) is 4.39 Å². The van der Waals surface area contributed by atoms with E-state index in [4.69, 9.17) is 4.74 Å². The fourth-order valence-electron chi connectivity index (χ4n) is 3.34. The second-order valence-electron chi connectivity index (χ2n) is 7.47. The van der Waals surface area contributed by atoms with Crippen molar-refractivity contribution in [3.05, 3.63) is 65.0 Å². The molecule has 5 nitrogen and oxygen atoms in total. The molecule has 6 heteroatoms. The summed E-state index contributed by atoms with van der Waals surface area (Å²) in [7, 11) is 0. The van der Waals surface area contributed by atoms with E-state index in [1.165, 1.54) is 24.3 Å². The Morgan fingerprint density at radius 2 is 1.75 bits per heavy atom. The van der Waals surface area contributed by atoms with Crippen molar-refractivity contribution in [2.24, 2.45) is 0 Å². The molecule has 1 aliphatic heterocycles. The van der Waals surface area contributed by atoms with Gasteiger partial charge in [-0.2, -0.15) is 0 Å². The first-order chi connectivity index (χ1) is 13.2. The second kappa shape index (κ2) is 7.81. The van der Waals surface area contributed by atoms with Gasteiger partial charge in [0.15, 0.2) is 11.6 Å². The zero-order chi connectivity index (χ0) is 20.5. The molecule has 28 heavy (non-hydrogen) atoms. The number of rotatable bonds is 6. The Morgan fingerprint density at radius 3 is 2.39 bits per heavy atom. The number of aliphatic hydroxyl groups is 1. The number of carbonyl (C=O) groups is 2. The Hall–Kier alpha value is -2.57. The molecule has 2 N–H and O–H groups in total. The van der Waals surface area contributed by atoms with Crippen LogP contribution in [-0.2, 0) is 0 Å². The summed E-state index contributed by atoms with van der Waals surface area (Å²) in [5.41, 5.74) is 0.677. The van der Waals surface area contributed by atoms with Crippen LogP contribution in [0, 0.1) is 5.82 Å². The van der Waals surface area contributed by atoms with Gasteiger partial charge in [0.2, 0.25) is 0 Å². The van der Waals surface area contributed by atoms with Crippen LogP contribution >= 0.6 is 0 Å². The highest BCUT2D eigenvalue weighted by Crippen LogP contribution is 2.40. The zero-order valence-electron chi connectivity index (χ0n) is 16.2. The van der Waals surface area contributed by atoms with Gasteiger partial charge in [0, 0.05) is 23.1 Å². The third-order valence-electron chi connectivity index (χ3n) is 5.04. The molecule has 0 unspecified atom stereocenters. The fourth-order valence-corrected chi connectivity index (χ4v) is 3.34. The highest BCUT2D eigenvalue weighted by molar-refractivity contribution is 5.97. The molecule has 1 heterocycles. The van der Waals surface area contributed by atoms with Gasteiger partial charge < -0.3 is 15.2 Å². The van der Waals surface area contributed by atoms with Crippen LogP contribution in [0.15, 0.2) is 42.5 Å². The number of aliphatic hydroxyl groups excluding tert-OH is 1. The van der Waals surface area contributed by atoms with Crippen LogP contribution in [0.3, 0.4) is 0 Å². The van der Waals surface area contributed by atoms with Gasteiger partial charge in [0.05, 0.1) is 12.6 Å². The highest BCUT2D eigenvalue weighted by atomic mass is 19.1. The molecule has 0 aromatic heterocycles. The summed E-state index contributed by atoms with van der Waals surface area (Å²) in [6.07, 6.45) is -0.567. The quantitative estimate of drug-likeness (QED) is 0.745. The number of fused-ring (bicyclic) bond motifs is 1. The average Bonchev–Trinajstić information content (AvgIpc) is 2.67. The average molecular weight is 385 g/mol. The van der Waals surface area contributed by atoms with Crippen molar-refractivity contribution < 1.29 is 23.8 Å². The maximum atomic E-state index is 13.1. The normalized spacial score (nSPS) is 20.2. The molecule has 1 aliphatic rings. The molecule has 0 aliphatic carbocycles. The van der Waals surface area contributed by atoms with E-state index in [1.54, 1.807) is 39.0 Å². The summed E-state index contributed by atoms with van der Waals surface area (Å²) in [5.74, 6) is -0.0788. The van der Waals surface area contributed by atoms with Crippen LogP contribution in [0.1, 0.15) is 59.5 Å². The lowest BCUT2D eigenvalue weighted by molar-refractivity contribution is -0.0640. The fraction of sp³-hybridized carbons (Fsp3) is 0.364. The van der Waals surface area contributed by atoms with Crippen LogP contribution < -0.4 is 10.1 Å². The summed E-state index contributed by atoms with van der Waals surface area (Å²) in [5, 5.41) is 13.9. The number of ketones is 2. The predicted octanol–water partition coefficient (Wildman–Crippen LogP) is 3.46. The maximum Gasteiger partial charge on any atom is 0.176 e. The number of ether oxygens (including phenoxy) is 1. The van der Waals surface area contributed by atoms with Gasteiger partial charge in [-0.15, -0.1) is 0 Å². The minimum atomic E-state index is -0.937. The minimum absolute atomic E-state index is 0.0109. The van der Waals surface area contributed by atoms with Crippen molar-refractivity contribution in [2.75, 3.05) is 6.54 Å². The first-order valence-corrected chi connectivity index (χ1v) is 9.29. The Bertz CT molecular complexity index is 892. The smallest absolute Gasteiger partial charge is 0.176 e. The van der Waals surface area contributed by atoms with Gasteiger partial charge in [0.1, 0.15) is 23.3 Å². The van der Waals surface area contributed by atoms with E-state index in [9.17, 15) is 19.1 Å². The topological polar surface area (TPSA) is 75.6 Å². The van der Waals surface area contributed by atoms with Crippen LogP contribution in [-0.4, -0.2) is 34.9 Å². The number of carbonyl (C=O) groups excluding carboxylic acids is 2. The summed E-state index contributed by atoms with van der Waals surface area (Å²) in [4.78, 5) is 24.5. The molecule has 0 saturated carbocycles. The van der Waals surface area contributed by atoms with E-state index in [-0.39, 0.29) is 18.1 Å². The zero-order valence-corrected chi connectivity index (χ0v) is 16.2. The number of benzene rings is 2. The number of hydrogen-bond acceptors (Lipinski definition) is 5. The van der Waals surface area contributed by atoms with Crippen LogP contribution in [0.5, 0.6) is 5.75 Å². The third kappa shape index (κ3) is 3.98. The summed E-state index contributed by atoms with van der Waals surface area (Å²) < 4.78 is 19.0. The molecule has 148 valence electrons. The van der Waals surface area contributed by atoms with E-state index in [0.717, 1.165) is 0 Å². The van der Waals surface area contributed by atoms with E-state index < -0.39 is 23.6 Å². The van der Waals surface area contributed by atoms with Crippen molar-refractivity contribution in [1.82, 2.24) is 5.32 Å². The predicted molar refractivity (Wildman–Crippen MR) is 103 cm³/mol. The third-order valence-corrected chi connectivity index (χ3v) is 5.04. The molecular weight excluding hydrogens is 361 g/mol. The van der Waals surface area contributed by atoms with Gasteiger partial charge in [-0.1, -0.05) is 6.92 Å². The SMILES string of the molecule is CCC(=O)c1ccc2c(c1)[C@@H](NCC(=O)c1ccc(F)cc1)[C@H](O)C(C)(C)O2. The standard InChI is InChI=1S/C22H24FNO4/c1-4-17(25)14-7-10-19-16(11-14)20(21(27)22(2,3)28-19)24-12-18(26)13-5-8-15(23)9-6-13/h5-11,20-21,24,27H,4,12H2,1-3H3/t20-,21+/m1/s1. The maximum absolute atomic E-state index is 13.1. The van der Waals surface area contributed by atoms with Crippen molar-refractivity contribution in [2.45, 2.75) is 44.9 Å². The van der Waals surface area contributed by atoms with Gasteiger partial charge in [-0.25, -0.2) is 4.39 Å². The minimum Gasteiger partial charge on any atom is -0.485 e. The van der Waals surface area contributed by atoms with Gasteiger partial charge in [-0.05, 0) is 56.3 Å². The van der Waals surface area contributed by atoms with Crippen molar-refractivity contribution in [3.63, 3.8) is 0 Å². The molecule has 0 amide bonds. The van der Waals surface area contributed by atoms with E-state index in [1.807, 2.05) is 0 Å². The molecule has 0 fully saturated rings. The van der Waals surface area contributed by atoms with Gasteiger partial charge >= 0.3 is 0 Å². The molecule has 2 atom stereocenters. The molecule has 0 bridgehead atoms. The first-order valence-electron chi connectivity index (χ1n) is 9.29.